The van der Waals surface area contributed by atoms with Crippen LogP contribution in [0.15, 0.2) is 59.4 Å². The normalized spacial score (nSPS) is 14.7. The number of ether oxygens (including phenoxy) is 1. The summed E-state index contributed by atoms with van der Waals surface area (Å²) in [7, 11) is 1.69. The molecule has 8 nitrogen and oxygen atoms in total. The van der Waals surface area contributed by atoms with E-state index < -0.39 is 0 Å². The van der Waals surface area contributed by atoms with E-state index in [0.29, 0.717) is 23.1 Å². The molecule has 0 radical (unpaired) electrons. The van der Waals surface area contributed by atoms with Crippen LogP contribution in [0.2, 0.25) is 0 Å². The fourth-order valence-corrected chi connectivity index (χ4v) is 4.66. The molecule has 8 heteroatoms. The molecule has 0 atom stereocenters. The van der Waals surface area contributed by atoms with Crippen LogP contribution in [0, 0.1) is 0 Å². The second-order valence-corrected chi connectivity index (χ2v) is 8.70. The molecule has 2 aromatic carbocycles. The number of nitrogens with two attached hydrogens (primary N) is 1. The van der Waals surface area contributed by atoms with Crippen molar-refractivity contribution in [2.24, 2.45) is 0 Å². The summed E-state index contributed by atoms with van der Waals surface area (Å²) in [5, 5.41) is 1.60. The van der Waals surface area contributed by atoms with Crippen molar-refractivity contribution in [1.29, 1.82) is 0 Å². The number of hydrogen-bond acceptors (Lipinski definition) is 7. The molecule has 1 aliphatic rings. The molecule has 3 heterocycles. The zero-order chi connectivity index (χ0) is 23.5. The van der Waals surface area contributed by atoms with Crippen molar-refractivity contribution in [1.82, 2.24) is 19.5 Å². The Balaban J connectivity index is 1.13. The largest absolute Gasteiger partial charge is 0.496 e. The lowest BCUT2D eigenvalue weighted by Crippen LogP contribution is -2.46. The van der Waals surface area contributed by atoms with Gasteiger partial charge in [-0.05, 0) is 55.8 Å². The van der Waals surface area contributed by atoms with E-state index in [1.54, 1.807) is 13.2 Å². The molecule has 0 aliphatic carbocycles. The number of benzene rings is 2. The number of aryl methyl sites for hydroxylation is 1. The standard InChI is InChI=1S/C26H30N6O2/c1-34-23-10-6-9-21-19(23)12-13-24(28-21)31-17-15-30(16-18-31)14-5-4-11-25-29-22-8-3-2-7-20(22)26(33)32(25)27/h2-3,6-10,12-13H,4-5,11,14-18,27H2,1H3. The zero-order valence-corrected chi connectivity index (χ0v) is 19.5. The van der Waals surface area contributed by atoms with Crippen LogP contribution in [0.4, 0.5) is 5.82 Å². The first kappa shape index (κ1) is 22.2. The van der Waals surface area contributed by atoms with E-state index in [0.717, 1.165) is 68.0 Å². The maximum absolute atomic E-state index is 12.5. The van der Waals surface area contributed by atoms with Gasteiger partial charge in [0.15, 0.2) is 0 Å². The minimum Gasteiger partial charge on any atom is -0.496 e. The fourth-order valence-electron chi connectivity index (χ4n) is 4.66. The number of para-hydroxylation sites is 1. The second-order valence-electron chi connectivity index (χ2n) is 8.70. The average Bonchev–Trinajstić information content (AvgIpc) is 2.89. The van der Waals surface area contributed by atoms with Crippen LogP contribution in [0.5, 0.6) is 5.75 Å². The third-order valence-corrected chi connectivity index (χ3v) is 6.60. The molecule has 176 valence electrons. The number of unbranched alkanes of at least 4 members (excludes halogenated alkanes) is 1. The van der Waals surface area contributed by atoms with Crippen molar-refractivity contribution >= 4 is 27.6 Å². The maximum Gasteiger partial charge on any atom is 0.279 e. The number of piperazine rings is 1. The van der Waals surface area contributed by atoms with Crippen LogP contribution in [-0.4, -0.2) is 59.4 Å². The summed E-state index contributed by atoms with van der Waals surface area (Å²) in [6.45, 7) is 4.95. The third kappa shape index (κ3) is 4.41. The first-order valence-corrected chi connectivity index (χ1v) is 11.8. The number of nitrogen functional groups attached to an aromatic ring is 1. The van der Waals surface area contributed by atoms with E-state index in [2.05, 4.69) is 26.9 Å². The van der Waals surface area contributed by atoms with Gasteiger partial charge in [-0.1, -0.05) is 18.2 Å². The Hall–Kier alpha value is -3.65. The maximum atomic E-state index is 12.5. The molecular formula is C26H30N6O2. The third-order valence-electron chi connectivity index (χ3n) is 6.60. The van der Waals surface area contributed by atoms with Gasteiger partial charge in [-0.25, -0.2) is 14.6 Å². The number of fused-ring (bicyclic) bond motifs is 2. The molecule has 2 N–H and O–H groups in total. The van der Waals surface area contributed by atoms with Gasteiger partial charge in [-0.15, -0.1) is 0 Å². The summed E-state index contributed by atoms with van der Waals surface area (Å²) < 4.78 is 6.65. The van der Waals surface area contributed by atoms with Gasteiger partial charge in [0.2, 0.25) is 0 Å². The van der Waals surface area contributed by atoms with Gasteiger partial charge in [0.1, 0.15) is 17.4 Å². The molecule has 1 saturated heterocycles. The summed E-state index contributed by atoms with van der Waals surface area (Å²) in [6.07, 6.45) is 2.67. The minimum atomic E-state index is -0.183. The van der Waals surface area contributed by atoms with Crippen molar-refractivity contribution in [3.05, 3.63) is 70.8 Å². The predicted octanol–water partition coefficient (Wildman–Crippen LogP) is 2.81. The van der Waals surface area contributed by atoms with E-state index >= 15 is 0 Å². The lowest BCUT2D eigenvalue weighted by atomic mass is 10.2. The highest BCUT2D eigenvalue weighted by molar-refractivity contribution is 5.86. The SMILES string of the molecule is COc1cccc2nc(N3CCN(CCCCc4nc5ccccc5c(=O)n4N)CC3)ccc12. The van der Waals surface area contributed by atoms with Gasteiger partial charge >= 0.3 is 0 Å². The van der Waals surface area contributed by atoms with Gasteiger partial charge in [0.25, 0.3) is 5.56 Å². The molecule has 5 rings (SSSR count). The van der Waals surface area contributed by atoms with E-state index in [-0.39, 0.29) is 5.56 Å². The van der Waals surface area contributed by atoms with Crippen molar-refractivity contribution < 1.29 is 4.74 Å². The van der Waals surface area contributed by atoms with Gasteiger partial charge in [0.05, 0.1) is 23.5 Å². The number of aromatic nitrogens is 3. The number of methoxy groups -OCH3 is 1. The Labute approximate surface area is 198 Å². The number of pyridine rings is 1. The fraction of sp³-hybridized carbons (Fsp3) is 0.346. The van der Waals surface area contributed by atoms with Crippen molar-refractivity contribution in [2.75, 3.05) is 50.6 Å². The summed E-state index contributed by atoms with van der Waals surface area (Å²) in [5.41, 5.74) is 1.48. The molecule has 0 spiro atoms. The van der Waals surface area contributed by atoms with Crippen LogP contribution in [0.3, 0.4) is 0 Å². The first-order chi connectivity index (χ1) is 16.6. The van der Waals surface area contributed by atoms with E-state index in [4.69, 9.17) is 15.6 Å². The Morgan fingerprint density at radius 1 is 0.882 bits per heavy atom. The second kappa shape index (κ2) is 9.69. The summed E-state index contributed by atoms with van der Waals surface area (Å²) in [4.78, 5) is 26.8. The highest BCUT2D eigenvalue weighted by Gasteiger charge is 2.18. The van der Waals surface area contributed by atoms with Crippen molar-refractivity contribution in [3.63, 3.8) is 0 Å². The van der Waals surface area contributed by atoms with Crippen LogP contribution < -0.4 is 21.0 Å². The smallest absolute Gasteiger partial charge is 0.279 e. The van der Waals surface area contributed by atoms with E-state index in [1.165, 1.54) is 4.68 Å². The number of nitrogens with zero attached hydrogens (tertiary/aromatic N) is 5. The van der Waals surface area contributed by atoms with Gasteiger partial charge < -0.3 is 15.5 Å². The van der Waals surface area contributed by atoms with Gasteiger partial charge in [0, 0.05) is 38.0 Å². The molecule has 0 saturated carbocycles. The lowest BCUT2D eigenvalue weighted by molar-refractivity contribution is 0.252. The minimum absolute atomic E-state index is 0.183. The highest BCUT2D eigenvalue weighted by atomic mass is 16.5. The molecule has 0 amide bonds. The monoisotopic (exact) mass is 458 g/mol. The Morgan fingerprint density at radius 2 is 1.65 bits per heavy atom. The van der Waals surface area contributed by atoms with Crippen LogP contribution >= 0.6 is 0 Å². The average molecular weight is 459 g/mol. The topological polar surface area (TPSA) is 89.5 Å². The quantitative estimate of drug-likeness (QED) is 0.336. The number of anilines is 1. The molecule has 1 fully saturated rings. The lowest BCUT2D eigenvalue weighted by Gasteiger charge is -2.35. The predicted molar refractivity (Wildman–Crippen MR) is 136 cm³/mol. The molecule has 0 unspecified atom stereocenters. The summed E-state index contributed by atoms with van der Waals surface area (Å²) >= 11 is 0. The van der Waals surface area contributed by atoms with Crippen molar-refractivity contribution in [3.8, 4) is 5.75 Å². The molecule has 4 aromatic rings. The van der Waals surface area contributed by atoms with Crippen LogP contribution in [0.1, 0.15) is 18.7 Å². The summed E-state index contributed by atoms with van der Waals surface area (Å²) in [5.74, 6) is 8.52. The Morgan fingerprint density at radius 3 is 2.47 bits per heavy atom. The van der Waals surface area contributed by atoms with Gasteiger partial charge in [-0.3, -0.25) is 9.69 Å². The Kier molecular flexibility index (Phi) is 6.31. The highest BCUT2D eigenvalue weighted by Crippen LogP contribution is 2.26. The first-order valence-electron chi connectivity index (χ1n) is 11.8. The molecular weight excluding hydrogens is 428 g/mol. The van der Waals surface area contributed by atoms with E-state index in [1.807, 2.05) is 36.4 Å². The zero-order valence-electron chi connectivity index (χ0n) is 19.5. The molecule has 34 heavy (non-hydrogen) atoms. The summed E-state index contributed by atoms with van der Waals surface area (Å²) in [6, 6.07) is 17.5. The van der Waals surface area contributed by atoms with Crippen LogP contribution in [0.25, 0.3) is 21.8 Å². The van der Waals surface area contributed by atoms with Crippen molar-refractivity contribution in [2.45, 2.75) is 19.3 Å². The van der Waals surface area contributed by atoms with Gasteiger partial charge in [-0.2, -0.15) is 0 Å². The van der Waals surface area contributed by atoms with Crippen LogP contribution in [-0.2, 0) is 6.42 Å². The Bertz CT molecular complexity index is 1360. The molecule has 1 aliphatic heterocycles. The molecule has 0 bridgehead atoms. The number of hydrogen-bond donors (Lipinski definition) is 1. The number of rotatable bonds is 7. The van der Waals surface area contributed by atoms with E-state index in [9.17, 15) is 4.79 Å². The molecule has 2 aromatic heterocycles.